The highest BCUT2D eigenvalue weighted by atomic mass is 127. The molecule has 0 atom stereocenters. The van der Waals surface area contributed by atoms with Crippen LogP contribution in [0.3, 0.4) is 0 Å². The molecule has 2 heterocycles. The lowest BCUT2D eigenvalue weighted by molar-refractivity contribution is -0.118. The van der Waals surface area contributed by atoms with Crippen LogP contribution in [0.2, 0.25) is 0 Å². The first kappa shape index (κ1) is 22.6. The Balaban J connectivity index is 1.84. The van der Waals surface area contributed by atoms with Gasteiger partial charge in [-0.05, 0) is 65.4 Å². The van der Waals surface area contributed by atoms with Crippen LogP contribution >= 0.6 is 22.6 Å². The highest BCUT2D eigenvalue weighted by molar-refractivity contribution is 14.1. The molecule has 0 fully saturated rings. The Bertz CT molecular complexity index is 1370. The fourth-order valence-corrected chi connectivity index (χ4v) is 3.81. The number of primary amides is 1. The second kappa shape index (κ2) is 8.73. The predicted octanol–water partition coefficient (Wildman–Crippen LogP) is 3.40. The number of fused-ring (bicyclic) bond motifs is 1. The Morgan fingerprint density at radius 1 is 1.24 bits per heavy atom. The monoisotopic (exact) mass is 564 g/mol. The topological polar surface area (TPSA) is 125 Å². The number of nitrogens with zero attached hydrogens (tertiary/aromatic N) is 1. The van der Waals surface area contributed by atoms with E-state index in [-0.39, 0.29) is 46.8 Å². The van der Waals surface area contributed by atoms with Crippen LogP contribution in [0.25, 0.3) is 0 Å². The number of halogens is 2. The zero-order valence-corrected chi connectivity index (χ0v) is 19.7. The van der Waals surface area contributed by atoms with Gasteiger partial charge in [0.2, 0.25) is 0 Å². The Hall–Kier alpha value is -3.61. The molecule has 2 aromatic carbocycles. The molecule has 3 aromatic rings. The normalized spacial score (nSPS) is 12.4. The maximum Gasteiger partial charge on any atom is 0.262 e. The predicted molar refractivity (Wildman–Crippen MR) is 128 cm³/mol. The lowest BCUT2D eigenvalue weighted by Gasteiger charge is -2.23. The minimum Gasteiger partial charge on any atom is -0.478 e. The van der Waals surface area contributed by atoms with Crippen molar-refractivity contribution in [1.82, 2.24) is 4.57 Å². The van der Waals surface area contributed by atoms with E-state index in [0.717, 1.165) is 16.2 Å². The Labute approximate surface area is 200 Å². The van der Waals surface area contributed by atoms with Gasteiger partial charge in [0.1, 0.15) is 22.9 Å². The van der Waals surface area contributed by atoms with Crippen molar-refractivity contribution in [3.8, 4) is 17.2 Å². The molecule has 0 saturated carbocycles. The third kappa shape index (κ3) is 4.49. The van der Waals surface area contributed by atoms with Crippen molar-refractivity contribution in [2.45, 2.75) is 6.92 Å². The fourth-order valence-electron chi connectivity index (χ4n) is 3.36. The summed E-state index contributed by atoms with van der Waals surface area (Å²) in [6, 6.07) is 8.88. The van der Waals surface area contributed by atoms with Crippen molar-refractivity contribution in [2.75, 3.05) is 17.2 Å². The molecule has 2 amide bonds. The van der Waals surface area contributed by atoms with Gasteiger partial charge in [-0.25, -0.2) is 4.39 Å². The van der Waals surface area contributed by atoms with E-state index in [2.05, 4.69) is 10.6 Å². The number of carbonyl (C=O) groups is 2. The number of ether oxygens (including phenoxy) is 2. The smallest absolute Gasteiger partial charge is 0.262 e. The van der Waals surface area contributed by atoms with Gasteiger partial charge in [-0.2, -0.15) is 0 Å². The maximum atomic E-state index is 14.5. The van der Waals surface area contributed by atoms with E-state index in [0.29, 0.717) is 9.26 Å². The number of aryl methyl sites for hydroxylation is 1. The van der Waals surface area contributed by atoms with Gasteiger partial charge in [-0.15, -0.1) is 0 Å². The van der Waals surface area contributed by atoms with E-state index in [1.54, 1.807) is 25.1 Å². The molecule has 0 spiro atoms. The van der Waals surface area contributed by atoms with Crippen LogP contribution in [0.1, 0.15) is 15.9 Å². The van der Waals surface area contributed by atoms with Crippen LogP contribution in [0.15, 0.2) is 41.2 Å². The summed E-state index contributed by atoms with van der Waals surface area (Å²) in [6.45, 7) is 1.56. The molecule has 170 valence electrons. The number of amides is 2. The number of carbonyl (C=O) groups excluding carboxylic acids is 2. The van der Waals surface area contributed by atoms with Gasteiger partial charge < -0.3 is 25.8 Å². The van der Waals surface area contributed by atoms with Gasteiger partial charge in [-0.1, -0.05) is 0 Å². The summed E-state index contributed by atoms with van der Waals surface area (Å²) >= 11 is 1.97. The number of hydrogen-bond donors (Lipinski definition) is 3. The first-order chi connectivity index (χ1) is 15.6. The molecule has 0 bridgehead atoms. The van der Waals surface area contributed by atoms with Crippen molar-refractivity contribution < 1.29 is 23.5 Å². The van der Waals surface area contributed by atoms with Gasteiger partial charge in [0, 0.05) is 16.7 Å². The molecule has 4 N–H and O–H groups in total. The van der Waals surface area contributed by atoms with Crippen molar-refractivity contribution in [2.24, 2.45) is 12.8 Å². The van der Waals surface area contributed by atoms with E-state index < -0.39 is 17.3 Å². The van der Waals surface area contributed by atoms with E-state index in [1.807, 2.05) is 22.6 Å². The van der Waals surface area contributed by atoms with Crippen molar-refractivity contribution in [3.05, 3.63) is 67.3 Å². The number of nitrogens with two attached hydrogens (primary N) is 1. The summed E-state index contributed by atoms with van der Waals surface area (Å²) in [4.78, 5) is 36.8. The van der Waals surface area contributed by atoms with Gasteiger partial charge in [0.25, 0.3) is 17.4 Å². The molecule has 33 heavy (non-hydrogen) atoms. The van der Waals surface area contributed by atoms with Crippen LogP contribution in [0.4, 0.5) is 21.6 Å². The number of nitrogens with one attached hydrogen (secondary N) is 2. The summed E-state index contributed by atoms with van der Waals surface area (Å²) in [7, 11) is 1.42. The number of rotatable bonds is 5. The lowest BCUT2D eigenvalue weighted by atomic mass is 10.1. The highest BCUT2D eigenvalue weighted by Crippen LogP contribution is 2.42. The number of hydrogen-bond acceptors (Lipinski definition) is 6. The van der Waals surface area contributed by atoms with Gasteiger partial charge in [0.15, 0.2) is 18.1 Å². The molecule has 0 radical (unpaired) electrons. The molecule has 0 unspecified atom stereocenters. The number of pyridine rings is 1. The van der Waals surface area contributed by atoms with Gasteiger partial charge in [-0.3, -0.25) is 19.0 Å². The van der Waals surface area contributed by atoms with E-state index in [1.165, 1.54) is 19.2 Å². The minimum atomic E-state index is -0.898. The summed E-state index contributed by atoms with van der Waals surface area (Å²) in [5.41, 5.74) is 6.12. The molecule has 1 aromatic heterocycles. The van der Waals surface area contributed by atoms with E-state index in [4.69, 9.17) is 15.2 Å². The van der Waals surface area contributed by atoms with Crippen LogP contribution in [0.5, 0.6) is 17.2 Å². The fraction of sp³-hybridized carbons (Fsp3) is 0.136. The second-order valence-corrected chi connectivity index (χ2v) is 8.57. The highest BCUT2D eigenvalue weighted by Gasteiger charge is 2.25. The average Bonchev–Trinajstić information content (AvgIpc) is 2.72. The summed E-state index contributed by atoms with van der Waals surface area (Å²) < 4.78 is 27.7. The molecule has 11 heteroatoms. The quantitative estimate of drug-likeness (QED) is 0.409. The van der Waals surface area contributed by atoms with Crippen LogP contribution in [0, 0.1) is 16.3 Å². The standard InChI is InChI=1S/C22H18FIN4O5/c1-10-5-14-20(32-9-17(29)26-14)16(6-10)33-15-8-18(30)28(2)22(19(15)21(25)31)27-13-4-3-11(24)7-12(13)23/h3-8,27H,9H2,1-2H3,(H2,25,31)(H,26,29). The van der Waals surface area contributed by atoms with Crippen molar-refractivity contribution in [3.63, 3.8) is 0 Å². The molecular formula is C22H18FIN4O5. The van der Waals surface area contributed by atoms with Crippen molar-refractivity contribution in [1.29, 1.82) is 0 Å². The summed E-state index contributed by atoms with van der Waals surface area (Å²) in [6.07, 6.45) is 0. The van der Waals surface area contributed by atoms with Gasteiger partial charge in [0.05, 0.1) is 11.4 Å². The van der Waals surface area contributed by atoms with Crippen LogP contribution < -0.4 is 31.4 Å². The van der Waals surface area contributed by atoms with Crippen LogP contribution in [-0.4, -0.2) is 23.0 Å². The van der Waals surface area contributed by atoms with Crippen LogP contribution in [-0.2, 0) is 11.8 Å². The zero-order chi connectivity index (χ0) is 23.9. The molecule has 4 rings (SSSR count). The lowest BCUT2D eigenvalue weighted by Crippen LogP contribution is -2.26. The summed E-state index contributed by atoms with van der Waals surface area (Å²) in [5.74, 6) is -1.57. The first-order valence-corrected chi connectivity index (χ1v) is 10.7. The number of aromatic nitrogens is 1. The molecule has 0 saturated heterocycles. The molecular weight excluding hydrogens is 546 g/mol. The summed E-state index contributed by atoms with van der Waals surface area (Å²) in [5, 5.41) is 5.46. The molecule has 0 aliphatic carbocycles. The average molecular weight is 564 g/mol. The largest absolute Gasteiger partial charge is 0.478 e. The Morgan fingerprint density at radius 3 is 2.70 bits per heavy atom. The van der Waals surface area contributed by atoms with E-state index >= 15 is 0 Å². The molecule has 1 aliphatic heterocycles. The number of anilines is 3. The Morgan fingerprint density at radius 2 is 2.00 bits per heavy atom. The van der Waals surface area contributed by atoms with Gasteiger partial charge >= 0.3 is 0 Å². The molecule has 1 aliphatic rings. The third-order valence-corrected chi connectivity index (χ3v) is 5.55. The first-order valence-electron chi connectivity index (χ1n) is 9.65. The zero-order valence-electron chi connectivity index (χ0n) is 17.5. The Kier molecular flexibility index (Phi) is 5.97. The number of benzene rings is 2. The maximum absolute atomic E-state index is 14.5. The molecule has 9 nitrogen and oxygen atoms in total. The minimum absolute atomic E-state index is 0.0409. The second-order valence-electron chi connectivity index (χ2n) is 7.32. The SMILES string of the molecule is Cc1cc2c(c(Oc3cc(=O)n(C)c(Nc4ccc(I)cc4F)c3C(N)=O)c1)OCC(=O)N2. The van der Waals surface area contributed by atoms with Crippen molar-refractivity contribution >= 4 is 51.6 Å². The van der Waals surface area contributed by atoms with E-state index in [9.17, 15) is 18.8 Å². The third-order valence-electron chi connectivity index (χ3n) is 4.88.